The van der Waals surface area contributed by atoms with Gasteiger partial charge < -0.3 is 15.0 Å². The van der Waals surface area contributed by atoms with Crippen LogP contribution in [0.2, 0.25) is 0 Å². The third-order valence-corrected chi connectivity index (χ3v) is 3.28. The molecule has 1 aliphatic heterocycles. The van der Waals surface area contributed by atoms with Crippen LogP contribution < -0.4 is 5.32 Å². The second-order valence-corrected chi connectivity index (χ2v) is 4.47. The maximum Gasteiger partial charge on any atom is 0.0670 e. The Morgan fingerprint density at radius 3 is 2.79 bits per heavy atom. The first-order valence-corrected chi connectivity index (χ1v) is 5.59. The number of hydrogen-bond donors (Lipinski definition) is 1. The highest BCUT2D eigenvalue weighted by Gasteiger charge is 2.25. The lowest BCUT2D eigenvalue weighted by molar-refractivity contribution is 0.0544. The summed E-state index contributed by atoms with van der Waals surface area (Å²) >= 11 is 0. The molecule has 0 saturated carbocycles. The molecule has 1 heterocycles. The van der Waals surface area contributed by atoms with Crippen LogP contribution in [0.1, 0.15) is 20.3 Å². The van der Waals surface area contributed by atoms with Gasteiger partial charge in [-0.25, -0.2) is 0 Å². The molecule has 3 atom stereocenters. The highest BCUT2D eigenvalue weighted by molar-refractivity contribution is 4.82. The van der Waals surface area contributed by atoms with Gasteiger partial charge in [-0.05, 0) is 32.9 Å². The topological polar surface area (TPSA) is 24.5 Å². The average molecular weight is 200 g/mol. The van der Waals surface area contributed by atoms with Gasteiger partial charge in [0.2, 0.25) is 0 Å². The van der Waals surface area contributed by atoms with Crippen molar-refractivity contribution >= 4 is 0 Å². The first-order chi connectivity index (χ1) is 6.67. The van der Waals surface area contributed by atoms with Crippen LogP contribution in [0.15, 0.2) is 0 Å². The van der Waals surface area contributed by atoms with Crippen molar-refractivity contribution in [3.05, 3.63) is 0 Å². The van der Waals surface area contributed by atoms with E-state index in [9.17, 15) is 0 Å². The molecule has 0 radical (unpaired) electrons. The first kappa shape index (κ1) is 12.0. The van der Waals surface area contributed by atoms with E-state index in [2.05, 4.69) is 31.1 Å². The molecule has 0 aromatic carbocycles. The fourth-order valence-electron chi connectivity index (χ4n) is 2.26. The van der Waals surface area contributed by atoms with Gasteiger partial charge >= 0.3 is 0 Å². The van der Waals surface area contributed by atoms with Crippen molar-refractivity contribution in [1.82, 2.24) is 10.2 Å². The number of nitrogens with one attached hydrogen (secondary N) is 1. The van der Waals surface area contributed by atoms with Crippen molar-refractivity contribution in [2.45, 2.75) is 32.4 Å². The minimum atomic E-state index is 0.355. The lowest BCUT2D eigenvalue weighted by Crippen LogP contribution is -2.48. The molecule has 3 nitrogen and oxygen atoms in total. The third-order valence-electron chi connectivity index (χ3n) is 3.28. The van der Waals surface area contributed by atoms with Gasteiger partial charge in [0, 0.05) is 26.2 Å². The summed E-state index contributed by atoms with van der Waals surface area (Å²) < 4.78 is 5.28. The Bertz CT molecular complexity index is 163. The number of likely N-dealkylation sites (tertiary alicyclic amines) is 1. The summed E-state index contributed by atoms with van der Waals surface area (Å²) in [6, 6.07) is 0.698. The zero-order chi connectivity index (χ0) is 10.6. The molecule has 14 heavy (non-hydrogen) atoms. The van der Waals surface area contributed by atoms with Gasteiger partial charge in [-0.1, -0.05) is 6.92 Å². The Labute approximate surface area is 87.8 Å². The van der Waals surface area contributed by atoms with Crippen LogP contribution in [0.4, 0.5) is 0 Å². The molecule has 0 aliphatic carbocycles. The van der Waals surface area contributed by atoms with Gasteiger partial charge in [-0.15, -0.1) is 0 Å². The largest absolute Gasteiger partial charge is 0.380 e. The van der Waals surface area contributed by atoms with E-state index in [1.807, 2.05) is 0 Å². The van der Waals surface area contributed by atoms with Crippen LogP contribution in [0.25, 0.3) is 0 Å². The summed E-state index contributed by atoms with van der Waals surface area (Å²) in [6.45, 7) is 7.92. The fraction of sp³-hybridized carbons (Fsp3) is 1.00. The van der Waals surface area contributed by atoms with E-state index in [0.717, 1.165) is 12.5 Å². The van der Waals surface area contributed by atoms with E-state index in [0.29, 0.717) is 12.1 Å². The highest BCUT2D eigenvalue weighted by Crippen LogP contribution is 2.16. The van der Waals surface area contributed by atoms with E-state index in [1.54, 1.807) is 7.11 Å². The number of rotatable bonds is 4. The molecule has 1 rings (SSSR count). The predicted molar refractivity (Wildman–Crippen MR) is 59.5 cm³/mol. The molecule has 1 saturated heterocycles. The molecular formula is C11H24N2O. The predicted octanol–water partition coefficient (Wildman–Crippen LogP) is 0.951. The Kier molecular flexibility index (Phi) is 4.85. The van der Waals surface area contributed by atoms with Crippen LogP contribution in [0, 0.1) is 5.92 Å². The van der Waals surface area contributed by atoms with Gasteiger partial charge in [0.05, 0.1) is 6.10 Å². The molecule has 0 aromatic rings. The summed E-state index contributed by atoms with van der Waals surface area (Å²) in [5.74, 6) is 0.748. The summed E-state index contributed by atoms with van der Waals surface area (Å²) in [4.78, 5) is 2.51. The summed E-state index contributed by atoms with van der Waals surface area (Å²) in [5, 5.41) is 3.38. The van der Waals surface area contributed by atoms with E-state index in [-0.39, 0.29) is 0 Å². The SMILES string of the molecule is CNC1CCN(CC(C)OC)CC1C. The Balaban J connectivity index is 2.31. The lowest BCUT2D eigenvalue weighted by atomic mass is 9.94. The Morgan fingerprint density at radius 2 is 2.29 bits per heavy atom. The van der Waals surface area contributed by atoms with Crippen molar-refractivity contribution < 1.29 is 4.74 Å². The third kappa shape index (κ3) is 3.23. The molecule has 84 valence electrons. The van der Waals surface area contributed by atoms with Crippen molar-refractivity contribution in [2.24, 2.45) is 5.92 Å². The molecule has 0 bridgehead atoms. The number of methoxy groups -OCH3 is 1. The highest BCUT2D eigenvalue weighted by atomic mass is 16.5. The first-order valence-electron chi connectivity index (χ1n) is 5.59. The normalized spacial score (nSPS) is 31.7. The van der Waals surface area contributed by atoms with Crippen LogP contribution >= 0.6 is 0 Å². The molecule has 1 fully saturated rings. The van der Waals surface area contributed by atoms with Gasteiger partial charge in [0.15, 0.2) is 0 Å². The van der Waals surface area contributed by atoms with Crippen molar-refractivity contribution in [3.63, 3.8) is 0 Å². The maximum absolute atomic E-state index is 5.28. The quantitative estimate of drug-likeness (QED) is 0.731. The van der Waals surface area contributed by atoms with E-state index in [1.165, 1.54) is 19.5 Å². The van der Waals surface area contributed by atoms with E-state index >= 15 is 0 Å². The molecule has 3 unspecified atom stereocenters. The molecule has 1 N–H and O–H groups in total. The number of ether oxygens (including phenoxy) is 1. The minimum absolute atomic E-state index is 0.355. The zero-order valence-corrected chi connectivity index (χ0v) is 9.92. The van der Waals surface area contributed by atoms with Gasteiger partial charge in [-0.2, -0.15) is 0 Å². The van der Waals surface area contributed by atoms with Crippen LogP contribution in [0.5, 0.6) is 0 Å². The second kappa shape index (κ2) is 5.69. The summed E-state index contributed by atoms with van der Waals surface area (Å²) in [6.07, 6.45) is 1.61. The van der Waals surface area contributed by atoms with Crippen LogP contribution in [-0.4, -0.2) is 50.8 Å². The Morgan fingerprint density at radius 1 is 1.57 bits per heavy atom. The van der Waals surface area contributed by atoms with Crippen LogP contribution in [-0.2, 0) is 4.74 Å². The number of hydrogen-bond acceptors (Lipinski definition) is 3. The van der Waals surface area contributed by atoms with Gasteiger partial charge in [0.1, 0.15) is 0 Å². The zero-order valence-electron chi connectivity index (χ0n) is 9.92. The second-order valence-electron chi connectivity index (χ2n) is 4.47. The average Bonchev–Trinajstić information content (AvgIpc) is 2.18. The van der Waals surface area contributed by atoms with Gasteiger partial charge in [0.25, 0.3) is 0 Å². The number of nitrogens with zero attached hydrogens (tertiary/aromatic N) is 1. The van der Waals surface area contributed by atoms with Crippen molar-refractivity contribution in [3.8, 4) is 0 Å². The smallest absolute Gasteiger partial charge is 0.0670 e. The minimum Gasteiger partial charge on any atom is -0.380 e. The molecule has 0 spiro atoms. The monoisotopic (exact) mass is 200 g/mol. The van der Waals surface area contributed by atoms with Gasteiger partial charge in [-0.3, -0.25) is 0 Å². The Hall–Kier alpha value is -0.120. The standard InChI is InChI=1S/C11H24N2O/c1-9-7-13(8-10(2)14-4)6-5-11(9)12-3/h9-12H,5-8H2,1-4H3. The maximum atomic E-state index is 5.28. The molecule has 3 heteroatoms. The molecule has 0 aromatic heterocycles. The summed E-state index contributed by atoms with van der Waals surface area (Å²) in [5.41, 5.74) is 0. The van der Waals surface area contributed by atoms with E-state index < -0.39 is 0 Å². The van der Waals surface area contributed by atoms with E-state index in [4.69, 9.17) is 4.74 Å². The molecular weight excluding hydrogens is 176 g/mol. The summed E-state index contributed by atoms with van der Waals surface area (Å²) in [7, 11) is 3.85. The fourth-order valence-corrected chi connectivity index (χ4v) is 2.26. The van der Waals surface area contributed by atoms with Crippen LogP contribution in [0.3, 0.4) is 0 Å². The molecule has 1 aliphatic rings. The molecule has 0 amide bonds. The lowest BCUT2D eigenvalue weighted by Gasteiger charge is -2.37. The van der Waals surface area contributed by atoms with Crippen molar-refractivity contribution in [2.75, 3.05) is 33.8 Å². The van der Waals surface area contributed by atoms with Crippen molar-refractivity contribution in [1.29, 1.82) is 0 Å². The number of piperidine rings is 1.